The van der Waals surface area contributed by atoms with E-state index in [0.717, 1.165) is 5.69 Å². The van der Waals surface area contributed by atoms with Crippen molar-refractivity contribution in [1.82, 2.24) is 4.98 Å². The SMILES string of the molecule is COc1cc2[nH]c(C)cc(=O)c2c(OC)c1OC. The van der Waals surface area contributed by atoms with Gasteiger partial charge in [-0.1, -0.05) is 0 Å². The zero-order valence-corrected chi connectivity index (χ0v) is 10.8. The molecule has 1 aromatic carbocycles. The minimum atomic E-state index is -0.112. The first-order valence-electron chi connectivity index (χ1n) is 5.45. The summed E-state index contributed by atoms with van der Waals surface area (Å²) in [7, 11) is 4.54. The molecule has 0 spiro atoms. The zero-order valence-electron chi connectivity index (χ0n) is 10.8. The van der Waals surface area contributed by atoms with Crippen LogP contribution in [0.4, 0.5) is 0 Å². The van der Waals surface area contributed by atoms with Crippen molar-refractivity contribution in [3.05, 3.63) is 28.0 Å². The second kappa shape index (κ2) is 4.60. The predicted molar refractivity (Wildman–Crippen MR) is 69.0 cm³/mol. The van der Waals surface area contributed by atoms with Gasteiger partial charge in [-0.2, -0.15) is 0 Å². The molecule has 5 nitrogen and oxygen atoms in total. The van der Waals surface area contributed by atoms with Crippen LogP contribution in [0.1, 0.15) is 5.69 Å². The molecule has 0 aliphatic heterocycles. The van der Waals surface area contributed by atoms with E-state index in [-0.39, 0.29) is 5.43 Å². The monoisotopic (exact) mass is 249 g/mol. The summed E-state index contributed by atoms with van der Waals surface area (Å²) < 4.78 is 15.8. The summed E-state index contributed by atoms with van der Waals surface area (Å²) in [5.74, 6) is 1.32. The third kappa shape index (κ3) is 1.77. The smallest absolute Gasteiger partial charge is 0.204 e. The minimum Gasteiger partial charge on any atom is -0.493 e. The number of aromatic nitrogens is 1. The molecule has 0 aliphatic rings. The number of methoxy groups -OCH3 is 3. The Bertz CT molecular complexity index is 645. The number of rotatable bonds is 3. The molecule has 0 amide bonds. The van der Waals surface area contributed by atoms with E-state index in [9.17, 15) is 4.79 Å². The summed E-state index contributed by atoms with van der Waals surface area (Å²) in [5.41, 5.74) is 1.33. The molecule has 2 rings (SSSR count). The van der Waals surface area contributed by atoms with Crippen LogP contribution in [-0.2, 0) is 0 Å². The molecule has 96 valence electrons. The van der Waals surface area contributed by atoms with Crippen molar-refractivity contribution in [1.29, 1.82) is 0 Å². The molecule has 0 fully saturated rings. The number of aromatic amines is 1. The quantitative estimate of drug-likeness (QED) is 0.902. The Morgan fingerprint density at radius 1 is 1.00 bits per heavy atom. The summed E-state index contributed by atoms with van der Waals surface area (Å²) >= 11 is 0. The average Bonchev–Trinajstić information content (AvgIpc) is 2.35. The maximum Gasteiger partial charge on any atom is 0.204 e. The number of hydrogen-bond donors (Lipinski definition) is 1. The highest BCUT2D eigenvalue weighted by atomic mass is 16.5. The molecule has 18 heavy (non-hydrogen) atoms. The van der Waals surface area contributed by atoms with E-state index in [0.29, 0.717) is 28.2 Å². The lowest BCUT2D eigenvalue weighted by molar-refractivity contribution is 0.327. The molecule has 1 N–H and O–H groups in total. The van der Waals surface area contributed by atoms with Crippen molar-refractivity contribution in [2.24, 2.45) is 0 Å². The summed E-state index contributed by atoms with van der Waals surface area (Å²) in [6.45, 7) is 1.82. The van der Waals surface area contributed by atoms with E-state index in [2.05, 4.69) is 4.98 Å². The van der Waals surface area contributed by atoms with Crippen molar-refractivity contribution in [3.8, 4) is 17.2 Å². The molecule has 2 aromatic rings. The van der Waals surface area contributed by atoms with Crippen molar-refractivity contribution in [2.75, 3.05) is 21.3 Å². The molecule has 0 saturated carbocycles. The fourth-order valence-corrected chi connectivity index (χ4v) is 2.02. The minimum absolute atomic E-state index is 0.112. The predicted octanol–water partition coefficient (Wildman–Crippen LogP) is 1.86. The highest BCUT2D eigenvalue weighted by molar-refractivity contribution is 5.90. The van der Waals surface area contributed by atoms with Crippen molar-refractivity contribution < 1.29 is 14.2 Å². The standard InChI is InChI=1S/C13H15NO4/c1-7-5-9(15)11-8(14-7)6-10(16-2)12(17-3)13(11)18-4/h5-6H,1-4H3,(H,14,15). The van der Waals surface area contributed by atoms with Gasteiger partial charge in [0.15, 0.2) is 16.9 Å². The molecule has 0 aliphatic carbocycles. The summed E-state index contributed by atoms with van der Waals surface area (Å²) in [5, 5.41) is 0.459. The third-order valence-electron chi connectivity index (χ3n) is 2.76. The molecule has 1 heterocycles. The van der Waals surface area contributed by atoms with Crippen LogP contribution >= 0.6 is 0 Å². The van der Waals surface area contributed by atoms with Gasteiger partial charge in [-0.3, -0.25) is 4.79 Å². The Kier molecular flexibility index (Phi) is 3.14. The first kappa shape index (κ1) is 12.3. The van der Waals surface area contributed by atoms with E-state index in [1.54, 1.807) is 6.07 Å². The third-order valence-corrected chi connectivity index (χ3v) is 2.76. The summed E-state index contributed by atoms with van der Waals surface area (Å²) in [6, 6.07) is 3.25. The fourth-order valence-electron chi connectivity index (χ4n) is 2.02. The van der Waals surface area contributed by atoms with Gasteiger partial charge in [-0.25, -0.2) is 0 Å². The van der Waals surface area contributed by atoms with Crippen molar-refractivity contribution in [3.63, 3.8) is 0 Å². The summed E-state index contributed by atoms with van der Waals surface area (Å²) in [4.78, 5) is 15.2. The first-order chi connectivity index (χ1) is 8.62. The largest absolute Gasteiger partial charge is 0.493 e. The van der Waals surface area contributed by atoms with E-state index in [1.165, 1.54) is 27.4 Å². The van der Waals surface area contributed by atoms with Gasteiger partial charge >= 0.3 is 0 Å². The van der Waals surface area contributed by atoms with Crippen molar-refractivity contribution >= 4 is 10.9 Å². The lowest BCUT2D eigenvalue weighted by Gasteiger charge is -2.14. The number of nitrogens with one attached hydrogen (secondary N) is 1. The second-order valence-electron chi connectivity index (χ2n) is 3.88. The van der Waals surface area contributed by atoms with Crippen LogP contribution in [-0.4, -0.2) is 26.3 Å². The molecular weight excluding hydrogens is 234 g/mol. The molecule has 0 atom stereocenters. The number of pyridine rings is 1. The molecule has 1 aromatic heterocycles. The van der Waals surface area contributed by atoms with Crippen LogP contribution in [0, 0.1) is 6.92 Å². The first-order valence-corrected chi connectivity index (χ1v) is 5.45. The summed E-state index contributed by atoms with van der Waals surface area (Å²) in [6.07, 6.45) is 0. The van der Waals surface area contributed by atoms with Crippen LogP contribution in [0.3, 0.4) is 0 Å². The Balaban J connectivity index is 2.97. The van der Waals surface area contributed by atoms with Crippen LogP contribution < -0.4 is 19.6 Å². The fraction of sp³-hybridized carbons (Fsp3) is 0.308. The van der Waals surface area contributed by atoms with E-state index in [4.69, 9.17) is 14.2 Å². The number of ether oxygens (including phenoxy) is 3. The average molecular weight is 249 g/mol. The molecule has 5 heteroatoms. The molecule has 0 bridgehead atoms. The van der Waals surface area contributed by atoms with Gasteiger partial charge in [0.1, 0.15) is 0 Å². The second-order valence-corrected chi connectivity index (χ2v) is 3.88. The Labute approximate surface area is 104 Å². The zero-order chi connectivity index (χ0) is 13.3. The number of aryl methyl sites for hydroxylation is 1. The Hall–Kier alpha value is -2.17. The molecular formula is C13H15NO4. The highest BCUT2D eigenvalue weighted by Crippen LogP contribution is 2.41. The van der Waals surface area contributed by atoms with Gasteiger partial charge in [0.25, 0.3) is 0 Å². The van der Waals surface area contributed by atoms with E-state index >= 15 is 0 Å². The molecule has 0 unspecified atom stereocenters. The Morgan fingerprint density at radius 3 is 2.22 bits per heavy atom. The normalized spacial score (nSPS) is 10.4. The molecule has 0 saturated heterocycles. The van der Waals surface area contributed by atoms with Crippen LogP contribution in [0.25, 0.3) is 10.9 Å². The van der Waals surface area contributed by atoms with Crippen LogP contribution in [0.15, 0.2) is 16.9 Å². The van der Waals surface area contributed by atoms with Crippen LogP contribution in [0.2, 0.25) is 0 Å². The lowest BCUT2D eigenvalue weighted by atomic mass is 10.1. The Morgan fingerprint density at radius 2 is 1.67 bits per heavy atom. The maximum absolute atomic E-state index is 12.1. The highest BCUT2D eigenvalue weighted by Gasteiger charge is 2.18. The number of benzene rings is 1. The van der Waals surface area contributed by atoms with E-state index in [1.807, 2.05) is 6.92 Å². The van der Waals surface area contributed by atoms with Gasteiger partial charge in [-0.15, -0.1) is 0 Å². The van der Waals surface area contributed by atoms with E-state index < -0.39 is 0 Å². The van der Waals surface area contributed by atoms with Gasteiger partial charge < -0.3 is 19.2 Å². The molecule has 0 radical (unpaired) electrons. The number of H-pyrrole nitrogens is 1. The number of hydrogen-bond acceptors (Lipinski definition) is 4. The van der Waals surface area contributed by atoms with Gasteiger partial charge in [0.2, 0.25) is 5.75 Å². The van der Waals surface area contributed by atoms with Gasteiger partial charge in [0, 0.05) is 17.8 Å². The van der Waals surface area contributed by atoms with Gasteiger partial charge in [0.05, 0.1) is 32.2 Å². The number of fused-ring (bicyclic) bond motifs is 1. The topological polar surface area (TPSA) is 60.6 Å². The maximum atomic E-state index is 12.1. The lowest BCUT2D eigenvalue weighted by Crippen LogP contribution is -2.07. The van der Waals surface area contributed by atoms with Gasteiger partial charge in [-0.05, 0) is 6.92 Å². The van der Waals surface area contributed by atoms with Crippen LogP contribution in [0.5, 0.6) is 17.2 Å². The van der Waals surface area contributed by atoms with Crippen molar-refractivity contribution in [2.45, 2.75) is 6.92 Å².